The summed E-state index contributed by atoms with van der Waals surface area (Å²) in [4.78, 5) is 0. The molecular formula is C28H48O2. The van der Waals surface area contributed by atoms with Crippen molar-refractivity contribution in [3.8, 4) is 0 Å². The van der Waals surface area contributed by atoms with Crippen molar-refractivity contribution in [3.63, 3.8) is 0 Å². The Bertz CT molecular complexity index is 639. The summed E-state index contributed by atoms with van der Waals surface area (Å²) in [6.45, 7) is 12.1. The van der Waals surface area contributed by atoms with Gasteiger partial charge >= 0.3 is 0 Å². The summed E-state index contributed by atoms with van der Waals surface area (Å²) in [5.74, 6) is 4.42. The van der Waals surface area contributed by atoms with Crippen LogP contribution in [0.5, 0.6) is 0 Å². The maximum absolute atomic E-state index is 11.0. The summed E-state index contributed by atoms with van der Waals surface area (Å²) in [5, 5.41) is 11.0. The molecule has 0 saturated heterocycles. The maximum Gasteiger partial charge on any atom is 0.0608 e. The first-order chi connectivity index (χ1) is 14.2. The van der Waals surface area contributed by atoms with Gasteiger partial charge in [-0.2, -0.15) is 0 Å². The first-order valence-electron chi connectivity index (χ1n) is 13.1. The van der Waals surface area contributed by atoms with Gasteiger partial charge in [-0.3, -0.25) is 0 Å². The predicted octanol–water partition coefficient (Wildman–Crippen LogP) is 7.01. The average molecular weight is 417 g/mol. The lowest BCUT2D eigenvalue weighted by atomic mass is 9.47. The van der Waals surface area contributed by atoms with E-state index in [9.17, 15) is 5.11 Å². The zero-order valence-electron chi connectivity index (χ0n) is 20.6. The van der Waals surface area contributed by atoms with Gasteiger partial charge in [0.1, 0.15) is 0 Å². The van der Waals surface area contributed by atoms with Crippen LogP contribution in [0.1, 0.15) is 98.8 Å². The number of fused-ring (bicyclic) bond motifs is 5. The number of aliphatic hydroxyl groups excluding tert-OH is 1. The molecule has 0 aromatic carbocycles. The largest absolute Gasteiger partial charge is 0.393 e. The van der Waals surface area contributed by atoms with Gasteiger partial charge in [-0.05, 0) is 111 Å². The summed E-state index contributed by atoms with van der Waals surface area (Å²) in [6.07, 6.45) is 15.6. The number of ether oxygens (including phenoxy) is 1. The van der Waals surface area contributed by atoms with Crippen molar-refractivity contribution in [3.05, 3.63) is 11.6 Å². The van der Waals surface area contributed by atoms with E-state index in [1.165, 1.54) is 51.4 Å². The smallest absolute Gasteiger partial charge is 0.0608 e. The molecule has 0 spiro atoms. The topological polar surface area (TPSA) is 29.5 Å². The number of methoxy groups -OCH3 is 1. The van der Waals surface area contributed by atoms with Gasteiger partial charge in [0.15, 0.2) is 0 Å². The molecule has 3 fully saturated rings. The third-order valence-electron chi connectivity index (χ3n) is 10.7. The fourth-order valence-electron chi connectivity index (χ4n) is 8.77. The molecule has 0 aromatic rings. The molecule has 4 aliphatic carbocycles. The first kappa shape index (κ1) is 22.8. The van der Waals surface area contributed by atoms with E-state index in [2.05, 4.69) is 40.7 Å². The molecule has 0 aromatic heterocycles. The van der Waals surface area contributed by atoms with Crippen LogP contribution in [0.25, 0.3) is 0 Å². The maximum atomic E-state index is 11.0. The Morgan fingerprint density at radius 3 is 2.50 bits per heavy atom. The second-order valence-corrected chi connectivity index (χ2v) is 12.5. The van der Waals surface area contributed by atoms with E-state index in [1.54, 1.807) is 5.57 Å². The Labute approximate surface area is 186 Å². The van der Waals surface area contributed by atoms with Crippen LogP contribution < -0.4 is 0 Å². The van der Waals surface area contributed by atoms with Crippen molar-refractivity contribution in [2.75, 3.05) is 7.11 Å². The summed E-state index contributed by atoms with van der Waals surface area (Å²) in [5.41, 5.74) is 2.57. The van der Waals surface area contributed by atoms with Crippen molar-refractivity contribution in [1.82, 2.24) is 0 Å². The molecule has 3 saturated carbocycles. The van der Waals surface area contributed by atoms with Gasteiger partial charge in [-0.15, -0.1) is 0 Å². The molecule has 1 N–H and O–H groups in total. The van der Waals surface area contributed by atoms with Gasteiger partial charge in [0.25, 0.3) is 0 Å². The van der Waals surface area contributed by atoms with Gasteiger partial charge in [0.2, 0.25) is 0 Å². The molecule has 0 bridgehead atoms. The molecular weight excluding hydrogens is 368 g/mol. The molecule has 0 aliphatic heterocycles. The highest BCUT2D eigenvalue weighted by Crippen LogP contribution is 2.67. The minimum Gasteiger partial charge on any atom is -0.393 e. The van der Waals surface area contributed by atoms with Crippen LogP contribution in [0.2, 0.25) is 0 Å². The quantitative estimate of drug-likeness (QED) is 0.472. The standard InChI is InChI=1S/C28H48O2/c1-18(2)7-12-26(29)19(3)23-10-11-24-22-9-8-20-17-21(30-6)13-15-27(20,4)25(22)14-16-28(23,24)5/h8,18-19,21-26,29H,7,9-17H2,1-6H3/t19-,21-,22+,23+,24-,25-,26-,27-,28+/m0/s1. The monoisotopic (exact) mass is 416 g/mol. The Kier molecular flexibility index (Phi) is 6.50. The molecule has 2 nitrogen and oxygen atoms in total. The molecule has 172 valence electrons. The SMILES string of the molecule is CO[C@H]1CC[C@@]2(C)C(=CC[C@@H]3[C@@H]4CC[C@H]([C@H](C)[C@@H](O)CCC(C)C)[C@@]4(C)CC[C@@H]32)C1. The predicted molar refractivity (Wildman–Crippen MR) is 125 cm³/mol. The molecule has 4 aliphatic rings. The first-order valence-corrected chi connectivity index (χ1v) is 13.1. The normalized spacial score (nSPS) is 45.3. The van der Waals surface area contributed by atoms with Crippen LogP contribution >= 0.6 is 0 Å². The summed E-state index contributed by atoms with van der Waals surface area (Å²) in [7, 11) is 1.89. The van der Waals surface area contributed by atoms with Crippen LogP contribution in [0.4, 0.5) is 0 Å². The molecule has 0 radical (unpaired) electrons. The van der Waals surface area contributed by atoms with E-state index >= 15 is 0 Å². The van der Waals surface area contributed by atoms with Crippen LogP contribution in [-0.2, 0) is 4.74 Å². The highest BCUT2D eigenvalue weighted by atomic mass is 16.5. The van der Waals surface area contributed by atoms with Crippen LogP contribution in [0.3, 0.4) is 0 Å². The third kappa shape index (κ3) is 3.72. The molecule has 0 heterocycles. The van der Waals surface area contributed by atoms with E-state index in [1.807, 2.05) is 7.11 Å². The van der Waals surface area contributed by atoms with Gasteiger partial charge in [-0.1, -0.05) is 46.3 Å². The van der Waals surface area contributed by atoms with Crippen LogP contribution in [0.15, 0.2) is 11.6 Å². The number of hydrogen-bond acceptors (Lipinski definition) is 2. The van der Waals surface area contributed by atoms with E-state index in [0.717, 1.165) is 30.6 Å². The Morgan fingerprint density at radius 2 is 1.80 bits per heavy atom. The van der Waals surface area contributed by atoms with Gasteiger partial charge in [0, 0.05) is 7.11 Å². The highest BCUT2D eigenvalue weighted by molar-refractivity contribution is 5.25. The zero-order valence-corrected chi connectivity index (χ0v) is 20.6. The van der Waals surface area contributed by atoms with E-state index < -0.39 is 0 Å². The van der Waals surface area contributed by atoms with Crippen molar-refractivity contribution in [1.29, 1.82) is 0 Å². The van der Waals surface area contributed by atoms with Gasteiger partial charge < -0.3 is 9.84 Å². The second-order valence-electron chi connectivity index (χ2n) is 12.5. The molecule has 0 amide bonds. The number of rotatable bonds is 6. The fraction of sp³-hybridized carbons (Fsp3) is 0.929. The third-order valence-corrected chi connectivity index (χ3v) is 10.7. The summed E-state index contributed by atoms with van der Waals surface area (Å²) < 4.78 is 5.74. The molecule has 0 unspecified atom stereocenters. The minimum atomic E-state index is -0.120. The lowest BCUT2D eigenvalue weighted by Crippen LogP contribution is -2.51. The molecule has 4 rings (SSSR count). The number of hydrogen-bond donors (Lipinski definition) is 1. The number of aliphatic hydroxyl groups is 1. The fourth-order valence-corrected chi connectivity index (χ4v) is 8.77. The average Bonchev–Trinajstić information content (AvgIpc) is 3.07. The van der Waals surface area contributed by atoms with Gasteiger partial charge in [0.05, 0.1) is 12.2 Å². The summed E-state index contributed by atoms with van der Waals surface area (Å²) >= 11 is 0. The van der Waals surface area contributed by atoms with Crippen molar-refractivity contribution < 1.29 is 9.84 Å². The molecule has 30 heavy (non-hydrogen) atoms. The minimum absolute atomic E-state index is 0.120. The second kappa shape index (κ2) is 8.54. The van der Waals surface area contributed by atoms with Crippen LogP contribution in [0, 0.1) is 46.3 Å². The van der Waals surface area contributed by atoms with Gasteiger partial charge in [-0.25, -0.2) is 0 Å². The van der Waals surface area contributed by atoms with E-state index in [4.69, 9.17) is 4.74 Å². The summed E-state index contributed by atoms with van der Waals surface area (Å²) in [6, 6.07) is 0. The van der Waals surface area contributed by atoms with Crippen molar-refractivity contribution in [2.45, 2.75) is 111 Å². The number of allylic oxidation sites excluding steroid dienone is 1. The Morgan fingerprint density at radius 1 is 1.03 bits per heavy atom. The van der Waals surface area contributed by atoms with E-state index in [0.29, 0.717) is 34.7 Å². The van der Waals surface area contributed by atoms with Crippen LogP contribution in [-0.4, -0.2) is 24.4 Å². The molecule has 9 atom stereocenters. The zero-order chi connectivity index (χ0) is 21.7. The molecule has 2 heteroatoms. The lowest BCUT2D eigenvalue weighted by Gasteiger charge is -2.58. The highest BCUT2D eigenvalue weighted by Gasteiger charge is 2.59. The Balaban J connectivity index is 1.50. The van der Waals surface area contributed by atoms with Crippen molar-refractivity contribution in [2.24, 2.45) is 46.3 Å². The Hall–Kier alpha value is -0.340. The lowest BCUT2D eigenvalue weighted by molar-refractivity contribution is -0.0701. The van der Waals surface area contributed by atoms with E-state index in [-0.39, 0.29) is 6.10 Å². The van der Waals surface area contributed by atoms with Crippen molar-refractivity contribution >= 4 is 0 Å².